The van der Waals surface area contributed by atoms with Gasteiger partial charge >= 0.3 is 0 Å². The minimum absolute atomic E-state index is 0.0367. The Morgan fingerprint density at radius 2 is 1.62 bits per heavy atom. The zero-order valence-electron chi connectivity index (χ0n) is 12.7. The molecule has 21 heavy (non-hydrogen) atoms. The van der Waals surface area contributed by atoms with Crippen LogP contribution in [0.3, 0.4) is 0 Å². The van der Waals surface area contributed by atoms with Crippen molar-refractivity contribution >= 4 is 11.6 Å². The maximum atomic E-state index is 12.1. The number of ketones is 2. The predicted molar refractivity (Wildman–Crippen MR) is 78.7 cm³/mol. The molecule has 1 rings (SSSR count). The second-order valence-corrected chi connectivity index (χ2v) is 4.58. The second-order valence-electron chi connectivity index (χ2n) is 4.58. The molecule has 0 amide bonds. The molecule has 0 aromatic heterocycles. The Labute approximate surface area is 124 Å². The molecule has 0 spiro atoms. The maximum Gasteiger partial charge on any atom is 0.209 e. The molecule has 0 saturated heterocycles. The van der Waals surface area contributed by atoms with Crippen molar-refractivity contribution in [1.82, 2.24) is 0 Å². The van der Waals surface area contributed by atoms with Crippen LogP contribution in [0.1, 0.15) is 33.6 Å². The summed E-state index contributed by atoms with van der Waals surface area (Å²) in [5.41, 5.74) is -1.96. The minimum atomic E-state index is -1.96. The van der Waals surface area contributed by atoms with Gasteiger partial charge in [-0.15, -0.1) is 0 Å². The summed E-state index contributed by atoms with van der Waals surface area (Å²) in [6.07, 6.45) is 0.139. The van der Waals surface area contributed by atoms with Gasteiger partial charge in [0.1, 0.15) is 0 Å². The largest absolute Gasteiger partial charge is 0.490 e. The average Bonchev–Trinajstić information content (AvgIpc) is 2.52. The van der Waals surface area contributed by atoms with Crippen molar-refractivity contribution in [3.05, 3.63) is 24.3 Å². The van der Waals surface area contributed by atoms with Crippen LogP contribution in [0.15, 0.2) is 24.3 Å². The molecule has 0 radical (unpaired) electrons. The molecule has 0 unspecified atom stereocenters. The average molecular weight is 294 g/mol. The number of aliphatic hydroxyl groups is 1. The number of benzene rings is 1. The Kier molecular flexibility index (Phi) is 6.37. The van der Waals surface area contributed by atoms with Crippen LogP contribution < -0.4 is 9.47 Å². The zero-order chi connectivity index (χ0) is 15.9. The smallest absolute Gasteiger partial charge is 0.209 e. The third-order valence-electron chi connectivity index (χ3n) is 3.26. The van der Waals surface area contributed by atoms with Gasteiger partial charge in [0.05, 0.1) is 6.61 Å². The van der Waals surface area contributed by atoms with Crippen molar-refractivity contribution in [3.8, 4) is 11.5 Å². The van der Waals surface area contributed by atoms with Crippen LogP contribution in [0.5, 0.6) is 11.5 Å². The van der Waals surface area contributed by atoms with Crippen LogP contribution in [0.4, 0.5) is 0 Å². The first-order chi connectivity index (χ1) is 9.99. The molecule has 5 nitrogen and oxygen atoms in total. The lowest BCUT2D eigenvalue weighted by molar-refractivity contribution is -0.152. The Balaban J connectivity index is 2.79. The van der Waals surface area contributed by atoms with Crippen LogP contribution in [0, 0.1) is 0 Å². The van der Waals surface area contributed by atoms with E-state index >= 15 is 0 Å². The van der Waals surface area contributed by atoms with Crippen molar-refractivity contribution < 1.29 is 24.2 Å². The lowest BCUT2D eigenvalue weighted by Gasteiger charge is -2.23. The fraction of sp³-hybridized carbons (Fsp3) is 0.500. The Hall–Kier alpha value is -1.88. The normalized spacial score (nSPS) is 13.3. The SMILES string of the molecule is CCOc1ccccc1OCC(=O)[C@@](O)(CC)C(=O)CC. The van der Waals surface area contributed by atoms with Gasteiger partial charge in [-0.25, -0.2) is 0 Å². The van der Waals surface area contributed by atoms with Crippen molar-refractivity contribution in [2.45, 2.75) is 39.2 Å². The van der Waals surface area contributed by atoms with Crippen molar-refractivity contribution in [2.24, 2.45) is 0 Å². The molecule has 0 aliphatic rings. The van der Waals surface area contributed by atoms with E-state index in [1.54, 1.807) is 38.1 Å². The first kappa shape index (κ1) is 17.2. The van der Waals surface area contributed by atoms with Crippen LogP contribution >= 0.6 is 0 Å². The molecule has 0 saturated carbocycles. The van der Waals surface area contributed by atoms with Crippen LogP contribution in [-0.2, 0) is 9.59 Å². The van der Waals surface area contributed by atoms with E-state index in [2.05, 4.69) is 0 Å². The number of ether oxygens (including phenoxy) is 2. The molecule has 1 N–H and O–H groups in total. The fourth-order valence-corrected chi connectivity index (χ4v) is 1.95. The fourth-order valence-electron chi connectivity index (χ4n) is 1.95. The molecule has 0 aliphatic carbocycles. The molecule has 1 aromatic rings. The van der Waals surface area contributed by atoms with E-state index in [1.807, 2.05) is 6.92 Å². The summed E-state index contributed by atoms with van der Waals surface area (Å²) in [5, 5.41) is 10.2. The van der Waals surface area contributed by atoms with Crippen LogP contribution in [-0.4, -0.2) is 35.5 Å². The number of hydrogen-bond acceptors (Lipinski definition) is 5. The van der Waals surface area contributed by atoms with Crippen LogP contribution in [0.2, 0.25) is 0 Å². The third kappa shape index (κ3) is 4.04. The number of Topliss-reactive ketones (excluding diaryl/α,β-unsaturated/α-hetero) is 2. The Morgan fingerprint density at radius 3 is 2.10 bits per heavy atom. The molecule has 1 atom stereocenters. The number of carbonyl (C=O) groups is 2. The highest BCUT2D eigenvalue weighted by atomic mass is 16.5. The lowest BCUT2D eigenvalue weighted by atomic mass is 9.89. The molecular weight excluding hydrogens is 272 g/mol. The summed E-state index contributed by atoms with van der Waals surface area (Å²) in [6.45, 7) is 5.15. The Morgan fingerprint density at radius 1 is 1.05 bits per heavy atom. The van der Waals surface area contributed by atoms with Gasteiger partial charge in [-0.2, -0.15) is 0 Å². The number of hydrogen-bond donors (Lipinski definition) is 1. The van der Waals surface area contributed by atoms with Crippen molar-refractivity contribution in [3.63, 3.8) is 0 Å². The van der Waals surface area contributed by atoms with E-state index in [0.29, 0.717) is 18.1 Å². The van der Waals surface area contributed by atoms with Gasteiger partial charge in [0.2, 0.25) is 5.78 Å². The first-order valence-corrected chi connectivity index (χ1v) is 7.13. The highest BCUT2D eigenvalue weighted by Crippen LogP contribution is 2.27. The van der Waals surface area contributed by atoms with Gasteiger partial charge in [0.15, 0.2) is 29.5 Å². The lowest BCUT2D eigenvalue weighted by Crippen LogP contribution is -2.48. The van der Waals surface area contributed by atoms with E-state index in [9.17, 15) is 14.7 Å². The maximum absolute atomic E-state index is 12.1. The predicted octanol–water partition coefficient (Wildman–Crippen LogP) is 2.15. The minimum Gasteiger partial charge on any atom is -0.490 e. The van der Waals surface area contributed by atoms with Gasteiger partial charge in [-0.05, 0) is 25.5 Å². The van der Waals surface area contributed by atoms with Gasteiger partial charge < -0.3 is 14.6 Å². The second kappa shape index (κ2) is 7.78. The van der Waals surface area contributed by atoms with Crippen molar-refractivity contribution in [2.75, 3.05) is 13.2 Å². The van der Waals surface area contributed by atoms with Crippen molar-refractivity contribution in [1.29, 1.82) is 0 Å². The van der Waals surface area contributed by atoms with E-state index in [4.69, 9.17) is 9.47 Å². The topological polar surface area (TPSA) is 72.8 Å². The summed E-state index contributed by atoms with van der Waals surface area (Å²) >= 11 is 0. The molecule has 0 heterocycles. The summed E-state index contributed by atoms with van der Waals surface area (Å²) < 4.78 is 10.8. The zero-order valence-corrected chi connectivity index (χ0v) is 12.7. The summed E-state index contributed by atoms with van der Waals surface area (Å²) in [5.74, 6) is -0.190. The first-order valence-electron chi connectivity index (χ1n) is 7.13. The molecule has 5 heteroatoms. The summed E-state index contributed by atoms with van der Waals surface area (Å²) in [6, 6.07) is 6.95. The number of rotatable bonds is 9. The standard InChI is InChI=1S/C16H22O5/c1-4-14(17)16(19,5-2)15(18)11-21-13-10-8-7-9-12(13)20-6-3/h7-10,19H,4-6,11H2,1-3H3/t16-/m1/s1. The molecule has 0 fully saturated rings. The van der Waals surface area contributed by atoms with Gasteiger partial charge in [-0.1, -0.05) is 26.0 Å². The highest BCUT2D eigenvalue weighted by molar-refractivity contribution is 6.10. The molecule has 1 aromatic carbocycles. The monoisotopic (exact) mass is 294 g/mol. The Bertz CT molecular complexity index is 497. The van der Waals surface area contributed by atoms with Crippen LogP contribution in [0.25, 0.3) is 0 Å². The number of para-hydroxylation sites is 2. The third-order valence-corrected chi connectivity index (χ3v) is 3.26. The van der Waals surface area contributed by atoms with Gasteiger partial charge in [0.25, 0.3) is 0 Å². The van der Waals surface area contributed by atoms with Gasteiger partial charge in [-0.3, -0.25) is 9.59 Å². The summed E-state index contributed by atoms with van der Waals surface area (Å²) in [4.78, 5) is 23.8. The number of carbonyl (C=O) groups excluding carboxylic acids is 2. The van der Waals surface area contributed by atoms with E-state index < -0.39 is 17.2 Å². The molecule has 0 bridgehead atoms. The highest BCUT2D eigenvalue weighted by Gasteiger charge is 2.40. The molecular formula is C16H22O5. The van der Waals surface area contributed by atoms with E-state index in [0.717, 1.165) is 0 Å². The molecule has 0 aliphatic heterocycles. The van der Waals surface area contributed by atoms with E-state index in [-0.39, 0.29) is 19.4 Å². The molecule has 116 valence electrons. The van der Waals surface area contributed by atoms with Gasteiger partial charge in [0, 0.05) is 6.42 Å². The van der Waals surface area contributed by atoms with E-state index in [1.165, 1.54) is 0 Å². The quantitative estimate of drug-likeness (QED) is 0.706. The summed E-state index contributed by atoms with van der Waals surface area (Å²) in [7, 11) is 0.